The zero-order valence-corrected chi connectivity index (χ0v) is 17.9. The molecule has 0 spiro atoms. The highest BCUT2D eigenvalue weighted by Crippen LogP contribution is 2.38. The Bertz CT molecular complexity index is 1150. The molecule has 1 aliphatic rings. The lowest BCUT2D eigenvalue weighted by molar-refractivity contribution is 0.160. The molecule has 0 atom stereocenters. The Balaban J connectivity index is 1.44. The molecular weight excluding hydrogens is 374 g/mol. The van der Waals surface area contributed by atoms with E-state index in [0.29, 0.717) is 5.92 Å². The van der Waals surface area contributed by atoms with Crippen molar-refractivity contribution >= 4 is 5.78 Å². The second kappa shape index (κ2) is 6.74. The van der Waals surface area contributed by atoms with Gasteiger partial charge in [-0.15, -0.1) is 0 Å². The van der Waals surface area contributed by atoms with Crippen molar-refractivity contribution in [2.45, 2.75) is 57.5 Å². The van der Waals surface area contributed by atoms with Crippen molar-refractivity contribution in [3.63, 3.8) is 0 Å². The maximum atomic E-state index is 4.93. The number of piperidine rings is 1. The van der Waals surface area contributed by atoms with E-state index in [-0.39, 0.29) is 11.1 Å². The third-order valence-electron chi connectivity index (χ3n) is 5.77. The summed E-state index contributed by atoms with van der Waals surface area (Å²) >= 11 is 0. The van der Waals surface area contributed by atoms with Crippen LogP contribution in [0.2, 0.25) is 0 Å². The molecule has 7 heteroatoms. The summed E-state index contributed by atoms with van der Waals surface area (Å²) in [7, 11) is 0. The van der Waals surface area contributed by atoms with E-state index in [4.69, 9.17) is 9.97 Å². The van der Waals surface area contributed by atoms with E-state index in [2.05, 4.69) is 55.5 Å². The highest BCUT2D eigenvalue weighted by molar-refractivity contribution is 5.62. The largest absolute Gasteiger partial charge is 0.307 e. The summed E-state index contributed by atoms with van der Waals surface area (Å²) in [6, 6.07) is 10.2. The van der Waals surface area contributed by atoms with Gasteiger partial charge in [0.25, 0.3) is 0 Å². The van der Waals surface area contributed by atoms with Crippen LogP contribution in [0.25, 0.3) is 22.7 Å². The smallest absolute Gasteiger partial charge is 0.234 e. The average Bonchev–Trinajstić information content (AvgIpc) is 3.35. The molecule has 3 aromatic heterocycles. The first-order valence-corrected chi connectivity index (χ1v) is 10.4. The minimum atomic E-state index is 0.0893. The molecule has 0 bridgehead atoms. The number of aromatic nitrogens is 6. The van der Waals surface area contributed by atoms with E-state index in [1.807, 2.05) is 34.9 Å². The van der Waals surface area contributed by atoms with Crippen LogP contribution in [0.3, 0.4) is 0 Å². The zero-order chi connectivity index (χ0) is 20.9. The molecule has 5 rings (SSSR count). The molecule has 1 aliphatic heterocycles. The molecule has 1 N–H and O–H groups in total. The molecule has 1 saturated heterocycles. The summed E-state index contributed by atoms with van der Waals surface area (Å²) in [6.45, 7) is 9.09. The van der Waals surface area contributed by atoms with E-state index in [9.17, 15) is 0 Å². The summed E-state index contributed by atoms with van der Waals surface area (Å²) in [5.74, 6) is 1.16. The predicted molar refractivity (Wildman–Crippen MR) is 117 cm³/mol. The first kappa shape index (κ1) is 18.9. The molecule has 4 aromatic rings. The summed E-state index contributed by atoms with van der Waals surface area (Å²) in [5, 5.41) is 12.1. The number of fused-ring (bicyclic) bond motifs is 1. The second-order valence-corrected chi connectivity index (χ2v) is 9.55. The van der Waals surface area contributed by atoms with Gasteiger partial charge in [-0.05, 0) is 58.7 Å². The molecule has 1 fully saturated rings. The quantitative estimate of drug-likeness (QED) is 0.562. The lowest BCUT2D eigenvalue weighted by atomic mass is 9.74. The van der Waals surface area contributed by atoms with E-state index in [0.717, 1.165) is 41.3 Å². The van der Waals surface area contributed by atoms with Gasteiger partial charge in [0.2, 0.25) is 5.78 Å². The normalized spacial score (nSPS) is 18.7. The molecule has 7 nitrogen and oxygen atoms in total. The van der Waals surface area contributed by atoms with Crippen LogP contribution >= 0.6 is 0 Å². The van der Waals surface area contributed by atoms with Crippen LogP contribution in [0.1, 0.15) is 52.1 Å². The van der Waals surface area contributed by atoms with Crippen LogP contribution in [-0.2, 0) is 0 Å². The minimum absolute atomic E-state index is 0.0893. The number of benzene rings is 1. The summed E-state index contributed by atoms with van der Waals surface area (Å²) in [6.07, 6.45) is 9.59. The van der Waals surface area contributed by atoms with Crippen molar-refractivity contribution in [2.75, 3.05) is 0 Å². The molecule has 0 saturated carbocycles. The van der Waals surface area contributed by atoms with Gasteiger partial charge in [-0.1, -0.05) is 12.1 Å². The van der Waals surface area contributed by atoms with Gasteiger partial charge >= 0.3 is 0 Å². The Kier molecular flexibility index (Phi) is 4.25. The SMILES string of the molecule is CC1(C)CC(c2ccn3cc(-c4ccc(-n5nccn5)cc4)nc3n2)CC(C)(C)N1. The number of imidazole rings is 1. The van der Waals surface area contributed by atoms with Gasteiger partial charge in [0, 0.05) is 40.6 Å². The number of hydrogen-bond donors (Lipinski definition) is 1. The summed E-state index contributed by atoms with van der Waals surface area (Å²) < 4.78 is 2.00. The fraction of sp³-hybridized carbons (Fsp3) is 0.391. The average molecular weight is 402 g/mol. The van der Waals surface area contributed by atoms with Gasteiger partial charge < -0.3 is 5.32 Å². The Hall–Kier alpha value is -3.06. The van der Waals surface area contributed by atoms with Gasteiger partial charge in [0.15, 0.2) is 0 Å². The molecule has 1 aromatic carbocycles. The van der Waals surface area contributed by atoms with Gasteiger partial charge in [0.05, 0.1) is 23.8 Å². The fourth-order valence-corrected chi connectivity index (χ4v) is 4.90. The fourth-order valence-electron chi connectivity index (χ4n) is 4.90. The lowest BCUT2D eigenvalue weighted by Crippen LogP contribution is -2.57. The molecule has 0 unspecified atom stereocenters. The first-order chi connectivity index (χ1) is 14.3. The van der Waals surface area contributed by atoms with Crippen molar-refractivity contribution < 1.29 is 0 Å². The number of nitrogens with zero attached hydrogens (tertiary/aromatic N) is 6. The van der Waals surface area contributed by atoms with Crippen molar-refractivity contribution in [3.05, 3.63) is 60.8 Å². The van der Waals surface area contributed by atoms with Crippen LogP contribution in [0.15, 0.2) is 55.1 Å². The number of nitrogens with one attached hydrogen (secondary N) is 1. The Morgan fingerprint density at radius 2 is 1.57 bits per heavy atom. The molecule has 0 amide bonds. The van der Waals surface area contributed by atoms with Gasteiger partial charge in [0.1, 0.15) is 0 Å². The molecular formula is C23H27N7. The molecule has 0 aliphatic carbocycles. The number of hydrogen-bond acceptors (Lipinski definition) is 5. The van der Waals surface area contributed by atoms with E-state index >= 15 is 0 Å². The Labute approximate surface area is 176 Å². The second-order valence-electron chi connectivity index (χ2n) is 9.55. The molecule has 0 radical (unpaired) electrons. The lowest BCUT2D eigenvalue weighted by Gasteiger charge is -2.46. The van der Waals surface area contributed by atoms with Crippen molar-refractivity contribution in [3.8, 4) is 16.9 Å². The molecule has 4 heterocycles. The van der Waals surface area contributed by atoms with Crippen LogP contribution in [0.4, 0.5) is 0 Å². The highest BCUT2D eigenvalue weighted by Gasteiger charge is 2.38. The Morgan fingerprint density at radius 1 is 0.900 bits per heavy atom. The first-order valence-electron chi connectivity index (χ1n) is 10.4. The molecule has 154 valence electrons. The summed E-state index contributed by atoms with van der Waals surface area (Å²) in [5.41, 5.74) is 4.18. The third-order valence-corrected chi connectivity index (χ3v) is 5.77. The van der Waals surface area contributed by atoms with Gasteiger partial charge in [-0.2, -0.15) is 15.0 Å². The summed E-state index contributed by atoms with van der Waals surface area (Å²) in [4.78, 5) is 11.3. The third kappa shape index (κ3) is 3.61. The highest BCUT2D eigenvalue weighted by atomic mass is 15.5. The van der Waals surface area contributed by atoms with Gasteiger partial charge in [-0.25, -0.2) is 9.97 Å². The van der Waals surface area contributed by atoms with Crippen molar-refractivity contribution in [2.24, 2.45) is 0 Å². The minimum Gasteiger partial charge on any atom is -0.307 e. The van der Waals surface area contributed by atoms with Crippen molar-refractivity contribution in [1.29, 1.82) is 0 Å². The standard InChI is InChI=1S/C23H27N7/c1-22(2)13-17(14-23(3,4)28-22)19-9-12-29-15-20(27-21(29)26-19)16-5-7-18(8-6-16)30-24-10-11-25-30/h5-12,15,17,28H,13-14H2,1-4H3. The maximum Gasteiger partial charge on any atom is 0.234 e. The maximum absolute atomic E-state index is 4.93. The van der Waals surface area contributed by atoms with Crippen LogP contribution in [0, 0.1) is 0 Å². The molecule has 30 heavy (non-hydrogen) atoms. The van der Waals surface area contributed by atoms with Gasteiger partial charge in [-0.3, -0.25) is 4.40 Å². The predicted octanol–water partition coefficient (Wildman–Crippen LogP) is 4.00. The zero-order valence-electron chi connectivity index (χ0n) is 17.9. The number of rotatable bonds is 3. The van der Waals surface area contributed by atoms with Crippen LogP contribution in [-0.4, -0.2) is 40.4 Å². The van der Waals surface area contributed by atoms with E-state index < -0.39 is 0 Å². The Morgan fingerprint density at radius 3 is 2.23 bits per heavy atom. The van der Waals surface area contributed by atoms with E-state index in [1.54, 1.807) is 17.2 Å². The van der Waals surface area contributed by atoms with Crippen molar-refractivity contribution in [1.82, 2.24) is 34.7 Å². The topological polar surface area (TPSA) is 72.9 Å². The van der Waals surface area contributed by atoms with Crippen LogP contribution < -0.4 is 5.32 Å². The van der Waals surface area contributed by atoms with Crippen LogP contribution in [0.5, 0.6) is 0 Å². The monoisotopic (exact) mass is 401 g/mol. The van der Waals surface area contributed by atoms with E-state index in [1.165, 1.54) is 0 Å².